The summed E-state index contributed by atoms with van der Waals surface area (Å²) in [5, 5.41) is 5.76. The molecule has 152 valence electrons. The second kappa shape index (κ2) is 10.1. The number of methoxy groups -OCH3 is 1. The van der Waals surface area contributed by atoms with Crippen molar-refractivity contribution in [3.8, 4) is 5.75 Å². The lowest BCUT2D eigenvalue weighted by atomic mass is 10.1. The van der Waals surface area contributed by atoms with Crippen molar-refractivity contribution in [3.05, 3.63) is 102 Å². The first-order valence-corrected chi connectivity index (χ1v) is 9.65. The molecule has 0 heterocycles. The van der Waals surface area contributed by atoms with Crippen LogP contribution in [0, 0.1) is 0 Å². The highest BCUT2D eigenvalue weighted by molar-refractivity contribution is 6.07. The molecule has 5 heteroatoms. The Morgan fingerprint density at radius 1 is 0.900 bits per heavy atom. The molecular weight excluding hydrogens is 376 g/mol. The van der Waals surface area contributed by atoms with E-state index in [4.69, 9.17) is 4.74 Å². The predicted molar refractivity (Wildman–Crippen MR) is 119 cm³/mol. The zero-order valence-electron chi connectivity index (χ0n) is 17.0. The molecule has 0 bridgehead atoms. The van der Waals surface area contributed by atoms with Gasteiger partial charge in [0.15, 0.2) is 0 Å². The molecule has 0 saturated carbocycles. The molecule has 3 aromatic carbocycles. The van der Waals surface area contributed by atoms with Crippen LogP contribution in [0.4, 0.5) is 5.69 Å². The lowest BCUT2D eigenvalue weighted by Crippen LogP contribution is -2.27. The van der Waals surface area contributed by atoms with E-state index in [0.717, 1.165) is 16.9 Å². The van der Waals surface area contributed by atoms with Crippen molar-refractivity contribution in [2.45, 2.75) is 13.0 Å². The summed E-state index contributed by atoms with van der Waals surface area (Å²) in [7, 11) is 1.60. The summed E-state index contributed by atoms with van der Waals surface area (Å²) in [6.45, 7) is 1.92. The Balaban J connectivity index is 1.67. The Hall–Kier alpha value is -3.86. The molecule has 1 atom stereocenters. The number of carbonyl (C=O) groups is 2. The standard InChI is InChI=1S/C25H24N2O3/c1-18(20-8-4-3-5-9-20)26-25(29)22-10-6-7-11-23(22)27-24(28)17-14-19-12-15-21(30-2)16-13-19/h3-18H,1-2H3,(H,26,29)(H,27,28)/b17-14+/t18-/m0/s1. The molecule has 3 aromatic rings. The third-order valence-electron chi connectivity index (χ3n) is 4.62. The van der Waals surface area contributed by atoms with Gasteiger partial charge in [0.1, 0.15) is 5.75 Å². The zero-order valence-corrected chi connectivity index (χ0v) is 17.0. The molecule has 0 aliphatic heterocycles. The molecule has 0 aliphatic carbocycles. The maximum atomic E-state index is 12.8. The van der Waals surface area contributed by atoms with E-state index in [1.54, 1.807) is 37.5 Å². The average Bonchev–Trinajstić information content (AvgIpc) is 2.79. The number of amides is 2. The first kappa shape index (κ1) is 20.9. The van der Waals surface area contributed by atoms with E-state index in [0.29, 0.717) is 11.3 Å². The van der Waals surface area contributed by atoms with E-state index in [1.807, 2.05) is 61.5 Å². The Labute approximate surface area is 176 Å². The molecule has 30 heavy (non-hydrogen) atoms. The second-order valence-electron chi connectivity index (χ2n) is 6.75. The molecule has 2 amide bonds. The first-order chi connectivity index (χ1) is 14.6. The minimum atomic E-state index is -0.317. The van der Waals surface area contributed by atoms with Gasteiger partial charge in [-0.15, -0.1) is 0 Å². The first-order valence-electron chi connectivity index (χ1n) is 9.65. The van der Waals surface area contributed by atoms with Gasteiger partial charge >= 0.3 is 0 Å². The Bertz CT molecular complexity index is 1030. The van der Waals surface area contributed by atoms with Crippen molar-refractivity contribution in [3.63, 3.8) is 0 Å². The fourth-order valence-corrected chi connectivity index (χ4v) is 2.95. The Morgan fingerprint density at radius 2 is 1.57 bits per heavy atom. The summed E-state index contributed by atoms with van der Waals surface area (Å²) in [5.41, 5.74) is 2.74. The highest BCUT2D eigenvalue weighted by Crippen LogP contribution is 2.18. The maximum Gasteiger partial charge on any atom is 0.253 e. The molecule has 0 spiro atoms. The van der Waals surface area contributed by atoms with E-state index in [1.165, 1.54) is 6.08 Å². The largest absolute Gasteiger partial charge is 0.497 e. The summed E-state index contributed by atoms with van der Waals surface area (Å²) in [4.78, 5) is 25.2. The number of nitrogens with one attached hydrogen (secondary N) is 2. The van der Waals surface area contributed by atoms with Crippen LogP contribution in [-0.4, -0.2) is 18.9 Å². The number of carbonyl (C=O) groups excluding carboxylic acids is 2. The van der Waals surface area contributed by atoms with Crippen molar-refractivity contribution in [1.29, 1.82) is 0 Å². The number of hydrogen-bond acceptors (Lipinski definition) is 3. The van der Waals surface area contributed by atoms with Crippen LogP contribution < -0.4 is 15.4 Å². The molecule has 0 fully saturated rings. The quantitative estimate of drug-likeness (QED) is 0.558. The van der Waals surface area contributed by atoms with Gasteiger partial charge in [0.25, 0.3) is 5.91 Å². The number of anilines is 1. The van der Waals surface area contributed by atoms with Crippen LogP contribution in [0.25, 0.3) is 6.08 Å². The van der Waals surface area contributed by atoms with Crippen LogP contribution in [0.2, 0.25) is 0 Å². The molecular formula is C25H24N2O3. The van der Waals surface area contributed by atoms with Gasteiger partial charge in [-0.1, -0.05) is 54.6 Å². The number of para-hydroxylation sites is 1. The highest BCUT2D eigenvalue weighted by Gasteiger charge is 2.15. The van der Waals surface area contributed by atoms with Crippen LogP contribution in [0.15, 0.2) is 84.9 Å². The second-order valence-corrected chi connectivity index (χ2v) is 6.75. The van der Waals surface area contributed by atoms with Crippen LogP contribution in [0.3, 0.4) is 0 Å². The molecule has 2 N–H and O–H groups in total. The monoisotopic (exact) mass is 400 g/mol. The predicted octanol–water partition coefficient (Wildman–Crippen LogP) is 4.84. The lowest BCUT2D eigenvalue weighted by molar-refractivity contribution is -0.111. The summed E-state index contributed by atoms with van der Waals surface area (Å²) < 4.78 is 5.12. The van der Waals surface area contributed by atoms with Gasteiger partial charge in [-0.3, -0.25) is 9.59 Å². The van der Waals surface area contributed by atoms with Gasteiger partial charge in [0.2, 0.25) is 5.91 Å². The number of benzene rings is 3. The van der Waals surface area contributed by atoms with E-state index < -0.39 is 0 Å². The van der Waals surface area contributed by atoms with Crippen molar-refractivity contribution in [1.82, 2.24) is 5.32 Å². The van der Waals surface area contributed by atoms with Crippen LogP contribution in [-0.2, 0) is 4.79 Å². The topological polar surface area (TPSA) is 67.4 Å². The lowest BCUT2D eigenvalue weighted by Gasteiger charge is -2.16. The third kappa shape index (κ3) is 5.58. The molecule has 5 nitrogen and oxygen atoms in total. The molecule has 0 unspecified atom stereocenters. The zero-order chi connectivity index (χ0) is 21.3. The van der Waals surface area contributed by atoms with Gasteiger partial charge in [-0.25, -0.2) is 0 Å². The number of ether oxygens (including phenoxy) is 1. The minimum absolute atomic E-state index is 0.155. The highest BCUT2D eigenvalue weighted by atomic mass is 16.5. The van der Waals surface area contributed by atoms with E-state index in [9.17, 15) is 9.59 Å². The average molecular weight is 400 g/mol. The summed E-state index contributed by atoms with van der Waals surface area (Å²) >= 11 is 0. The normalized spacial score (nSPS) is 11.7. The smallest absolute Gasteiger partial charge is 0.253 e. The maximum absolute atomic E-state index is 12.8. The molecule has 0 aliphatic rings. The fraction of sp³-hybridized carbons (Fsp3) is 0.120. The van der Waals surface area contributed by atoms with Crippen molar-refractivity contribution in [2.75, 3.05) is 12.4 Å². The van der Waals surface area contributed by atoms with Crippen LogP contribution in [0.5, 0.6) is 5.75 Å². The van der Waals surface area contributed by atoms with Gasteiger partial charge in [0.05, 0.1) is 24.4 Å². The number of hydrogen-bond donors (Lipinski definition) is 2. The van der Waals surface area contributed by atoms with Gasteiger partial charge in [-0.2, -0.15) is 0 Å². The summed E-state index contributed by atoms with van der Waals surface area (Å²) in [5.74, 6) is 0.185. The molecule has 0 aromatic heterocycles. The van der Waals surface area contributed by atoms with Crippen molar-refractivity contribution in [2.24, 2.45) is 0 Å². The number of rotatable bonds is 7. The van der Waals surface area contributed by atoms with Crippen LogP contribution in [0.1, 0.15) is 34.5 Å². The fourth-order valence-electron chi connectivity index (χ4n) is 2.95. The Morgan fingerprint density at radius 3 is 2.27 bits per heavy atom. The minimum Gasteiger partial charge on any atom is -0.497 e. The van der Waals surface area contributed by atoms with Gasteiger partial charge < -0.3 is 15.4 Å². The third-order valence-corrected chi connectivity index (χ3v) is 4.62. The van der Waals surface area contributed by atoms with E-state index >= 15 is 0 Å². The van der Waals surface area contributed by atoms with Gasteiger partial charge in [0, 0.05) is 6.08 Å². The summed E-state index contributed by atoms with van der Waals surface area (Å²) in [6, 6.07) is 23.9. The van der Waals surface area contributed by atoms with Gasteiger partial charge in [-0.05, 0) is 48.4 Å². The van der Waals surface area contributed by atoms with E-state index in [-0.39, 0.29) is 17.9 Å². The molecule has 0 radical (unpaired) electrons. The van der Waals surface area contributed by atoms with E-state index in [2.05, 4.69) is 10.6 Å². The van der Waals surface area contributed by atoms with Crippen molar-refractivity contribution < 1.29 is 14.3 Å². The Kier molecular flexibility index (Phi) is 7.00. The molecule has 3 rings (SSSR count). The summed E-state index contributed by atoms with van der Waals surface area (Å²) in [6.07, 6.45) is 3.14. The van der Waals surface area contributed by atoms with Crippen molar-refractivity contribution >= 4 is 23.6 Å². The van der Waals surface area contributed by atoms with Crippen LogP contribution >= 0.6 is 0 Å². The molecule has 0 saturated heterocycles. The SMILES string of the molecule is COc1ccc(/C=C/C(=O)Nc2ccccc2C(=O)N[C@@H](C)c2ccccc2)cc1.